The Morgan fingerprint density at radius 2 is 0.222 bits per heavy atom. The quantitative estimate of drug-likeness (QED) is 0.259. The van der Waals surface area contributed by atoms with Crippen molar-refractivity contribution in [1.82, 2.24) is 0 Å². The zero-order valence-electron chi connectivity index (χ0n) is 4.50. The van der Waals surface area contributed by atoms with Gasteiger partial charge in [-0.3, -0.25) is 0 Å². The number of rotatable bonds is 0. The van der Waals surface area contributed by atoms with Crippen LogP contribution in [0.25, 0.3) is 0 Å². The van der Waals surface area contributed by atoms with Gasteiger partial charge in [0.1, 0.15) is 0 Å². The summed E-state index contributed by atoms with van der Waals surface area (Å²) in [7, 11) is 0. The van der Waals surface area contributed by atoms with Crippen LogP contribution in [0, 0.1) is 209 Å². The topological polar surface area (TPSA) is 0 Å². The van der Waals surface area contributed by atoms with Gasteiger partial charge in [0.2, 0.25) is 0 Å². The zero-order chi connectivity index (χ0) is 0. The van der Waals surface area contributed by atoms with Gasteiger partial charge in [0.25, 0.3) is 0 Å². The Morgan fingerprint density at radius 3 is 0.222 bits per heavy atom. The molecule has 0 fully saturated rings. The van der Waals surface area contributed by atoms with E-state index in [1.165, 1.54) is 0 Å². The van der Waals surface area contributed by atoms with Crippen LogP contribution in [0.4, 0.5) is 0 Å². The SMILES string of the molecule is [Ce].[Ce].[Ce].[Ce].[Ce].[Sn].[Sn].[Sn].[Sn]. The third kappa shape index (κ3) is 46.0. The van der Waals surface area contributed by atoms with Crippen LogP contribution in [-0.2, 0) is 0 Å². The molecule has 0 aromatic carbocycles. The van der Waals surface area contributed by atoms with Crippen molar-refractivity contribution in [3.63, 3.8) is 0 Å². The van der Waals surface area contributed by atoms with Crippen molar-refractivity contribution in [3.8, 4) is 0 Å². The standard InChI is InChI=1S/5Ce.4Sn. The molecule has 0 aliphatic rings. The second-order valence-electron chi connectivity index (χ2n) is 0. The molecule has 0 heterocycles. The van der Waals surface area contributed by atoms with Gasteiger partial charge >= 0.3 is 0 Å². The van der Waals surface area contributed by atoms with Gasteiger partial charge in [-0.25, -0.2) is 0 Å². The van der Waals surface area contributed by atoms with Crippen LogP contribution >= 0.6 is 0 Å². The Kier molecular flexibility index (Phi) is 354. The zero-order valence-corrected chi connectivity index (χ0v) is 31.6. The summed E-state index contributed by atoms with van der Waals surface area (Å²) < 4.78 is 0. The summed E-state index contributed by atoms with van der Waals surface area (Å²) in [4.78, 5) is 0. The fourth-order valence-electron chi connectivity index (χ4n) is 0. The molecule has 0 saturated carbocycles. The van der Waals surface area contributed by atoms with E-state index in [1.54, 1.807) is 0 Å². The number of hydrogen-bond acceptors (Lipinski definition) is 0. The number of hydrogen-bond donors (Lipinski definition) is 0. The first-order chi connectivity index (χ1) is 0. The van der Waals surface area contributed by atoms with Crippen molar-refractivity contribution < 1.29 is 209 Å². The Morgan fingerprint density at radius 1 is 0.222 bits per heavy atom. The van der Waals surface area contributed by atoms with E-state index in [0.717, 1.165) is 0 Å². The normalized spacial score (nSPS) is 0. The van der Waals surface area contributed by atoms with Crippen molar-refractivity contribution in [2.24, 2.45) is 0 Å². The molecule has 0 bridgehead atoms. The average Bonchev–Trinajstić information content (AvgIpc) is 0. The van der Waals surface area contributed by atoms with E-state index in [2.05, 4.69) is 0 Å². The van der Waals surface area contributed by atoms with Gasteiger partial charge in [-0.05, 0) is 0 Å². The molecule has 0 atom stereocenters. The maximum atomic E-state index is 0. The van der Waals surface area contributed by atoms with E-state index in [9.17, 15) is 0 Å². The Hall–Kier alpha value is 10.1. The molecule has 36 valence electrons. The average molecular weight is 1180 g/mol. The van der Waals surface area contributed by atoms with E-state index in [-0.39, 0.29) is 304 Å². The van der Waals surface area contributed by atoms with E-state index in [4.69, 9.17) is 0 Å². The van der Waals surface area contributed by atoms with E-state index < -0.39 is 0 Å². The summed E-state index contributed by atoms with van der Waals surface area (Å²) in [5.74, 6) is 0. The summed E-state index contributed by atoms with van der Waals surface area (Å²) >= 11 is 0. The molecule has 9 heavy (non-hydrogen) atoms. The predicted octanol–water partition coefficient (Wildman–Crippen LogP) is -1.52. The molecule has 0 aromatic heterocycles. The second kappa shape index (κ2) is 51.9. The van der Waals surface area contributed by atoms with Crippen LogP contribution in [0.15, 0.2) is 0 Å². The van der Waals surface area contributed by atoms with Crippen LogP contribution in [0.3, 0.4) is 0 Å². The Bertz CT molecular complexity index is 8.92. The van der Waals surface area contributed by atoms with Crippen molar-refractivity contribution in [1.29, 1.82) is 0 Å². The summed E-state index contributed by atoms with van der Waals surface area (Å²) in [6, 6.07) is 0. The minimum atomic E-state index is 0. The monoisotopic (exact) mass is 1180 g/mol. The fourth-order valence-corrected chi connectivity index (χ4v) is 0. The summed E-state index contributed by atoms with van der Waals surface area (Å²) in [5, 5.41) is 0. The van der Waals surface area contributed by atoms with Gasteiger partial charge in [0, 0.05) is 304 Å². The summed E-state index contributed by atoms with van der Waals surface area (Å²) in [5.41, 5.74) is 0. The van der Waals surface area contributed by atoms with Gasteiger partial charge in [-0.2, -0.15) is 0 Å². The van der Waals surface area contributed by atoms with Crippen LogP contribution in [-0.4, -0.2) is 95.6 Å². The van der Waals surface area contributed by atoms with Crippen molar-refractivity contribution in [2.75, 3.05) is 0 Å². The first-order valence-corrected chi connectivity index (χ1v) is 0. The molecular formula is Ce5Sn4. The molecule has 0 unspecified atom stereocenters. The molecular weight excluding hydrogens is 1180 g/mol. The molecule has 16 radical (unpaired) electrons. The molecule has 0 aliphatic heterocycles. The van der Waals surface area contributed by atoms with Crippen molar-refractivity contribution in [3.05, 3.63) is 0 Å². The third-order valence-corrected chi connectivity index (χ3v) is 0. The predicted molar refractivity (Wildman–Crippen MR) is 23.0 cm³/mol. The van der Waals surface area contributed by atoms with E-state index >= 15 is 0 Å². The van der Waals surface area contributed by atoms with Gasteiger partial charge in [0.15, 0.2) is 0 Å². The Labute approximate surface area is 293 Å². The first kappa shape index (κ1) is 61.4. The summed E-state index contributed by atoms with van der Waals surface area (Å²) in [6.07, 6.45) is 0. The molecule has 0 N–H and O–H groups in total. The van der Waals surface area contributed by atoms with Crippen LogP contribution < -0.4 is 0 Å². The molecule has 0 saturated heterocycles. The molecule has 0 aliphatic carbocycles. The van der Waals surface area contributed by atoms with Crippen molar-refractivity contribution in [2.45, 2.75) is 0 Å². The van der Waals surface area contributed by atoms with E-state index in [0.29, 0.717) is 0 Å². The maximum absolute atomic E-state index is 0. The minimum absolute atomic E-state index is 0. The third-order valence-electron chi connectivity index (χ3n) is 0. The molecule has 0 amide bonds. The van der Waals surface area contributed by atoms with Gasteiger partial charge in [-0.1, -0.05) is 0 Å². The van der Waals surface area contributed by atoms with Gasteiger partial charge in [-0.15, -0.1) is 0 Å². The fraction of sp³-hybridized carbons (Fsp3) is 0. The van der Waals surface area contributed by atoms with Gasteiger partial charge in [0.05, 0.1) is 0 Å². The minimum Gasteiger partial charge on any atom is 0 e. The van der Waals surface area contributed by atoms with E-state index in [1.807, 2.05) is 0 Å². The largest absolute Gasteiger partial charge is 0 e. The van der Waals surface area contributed by atoms with Crippen LogP contribution in [0.2, 0.25) is 0 Å². The Balaban J connectivity index is 0. The molecule has 9 heteroatoms. The molecule has 0 spiro atoms. The van der Waals surface area contributed by atoms with Crippen molar-refractivity contribution >= 4 is 95.6 Å². The maximum Gasteiger partial charge on any atom is 0 e. The first-order valence-electron chi connectivity index (χ1n) is 0. The van der Waals surface area contributed by atoms with Crippen LogP contribution in [0.5, 0.6) is 0 Å². The smallest absolute Gasteiger partial charge is 0 e. The second-order valence-corrected chi connectivity index (χ2v) is 0. The molecule has 0 nitrogen and oxygen atoms in total. The van der Waals surface area contributed by atoms with Crippen LogP contribution in [0.1, 0.15) is 0 Å². The van der Waals surface area contributed by atoms with Gasteiger partial charge < -0.3 is 0 Å². The molecule has 0 aromatic rings. The summed E-state index contributed by atoms with van der Waals surface area (Å²) in [6.45, 7) is 0. The molecule has 0 rings (SSSR count).